The second-order valence-corrected chi connectivity index (χ2v) is 3.74. The summed E-state index contributed by atoms with van der Waals surface area (Å²) in [4.78, 5) is 0. The average molecular weight is 182 g/mol. The number of hydrogen-bond acceptors (Lipinski definition) is 4. The predicted molar refractivity (Wildman–Crippen MR) is 40.2 cm³/mol. The molecule has 1 unspecified atom stereocenters. The van der Waals surface area contributed by atoms with Gasteiger partial charge >= 0.3 is 0 Å². The van der Waals surface area contributed by atoms with E-state index in [-0.39, 0.29) is 6.61 Å². The van der Waals surface area contributed by atoms with Gasteiger partial charge < -0.3 is 14.9 Å². The number of alkyl halides is 1. The Morgan fingerprint density at radius 1 is 1.64 bits per heavy atom. The summed E-state index contributed by atoms with van der Waals surface area (Å²) in [5.41, 5.74) is -0.637. The molecule has 0 aromatic rings. The lowest BCUT2D eigenvalue weighted by atomic mass is 10.2. The van der Waals surface area contributed by atoms with Crippen molar-refractivity contribution in [2.24, 2.45) is 0 Å². The van der Waals surface area contributed by atoms with E-state index in [1.54, 1.807) is 0 Å². The number of rotatable bonds is 2. The first-order valence-corrected chi connectivity index (χ1v) is 4.26. The summed E-state index contributed by atoms with van der Waals surface area (Å²) in [7, 11) is 1.39. The molecule has 2 N–H and O–H groups in total. The van der Waals surface area contributed by atoms with Gasteiger partial charge in [0.05, 0.1) is 11.9 Å². The van der Waals surface area contributed by atoms with Crippen LogP contribution in [0, 0.1) is 0 Å². The predicted octanol–water partition coefficient (Wildman–Crippen LogP) is -0.234. The Balaban J connectivity index is 2.53. The first-order valence-electron chi connectivity index (χ1n) is 3.32. The van der Waals surface area contributed by atoms with Crippen molar-refractivity contribution in [2.45, 2.75) is 23.0 Å². The van der Waals surface area contributed by atoms with Gasteiger partial charge in [-0.05, 0) is 0 Å². The van der Waals surface area contributed by atoms with Crippen LogP contribution in [0.1, 0.15) is 0 Å². The highest BCUT2D eigenvalue weighted by Crippen LogP contribution is 2.36. The molecule has 0 saturated carbocycles. The van der Waals surface area contributed by atoms with Gasteiger partial charge in [0.2, 0.25) is 0 Å². The molecule has 0 radical (unpaired) electrons. The van der Waals surface area contributed by atoms with Gasteiger partial charge in [-0.1, -0.05) is 0 Å². The van der Waals surface area contributed by atoms with E-state index in [1.807, 2.05) is 0 Å². The third-order valence-electron chi connectivity index (χ3n) is 1.69. The van der Waals surface area contributed by atoms with Gasteiger partial charge in [-0.25, -0.2) is 4.39 Å². The van der Waals surface area contributed by atoms with Crippen LogP contribution in [0.4, 0.5) is 4.39 Å². The highest BCUT2D eigenvalue weighted by Gasteiger charge is 2.43. The van der Waals surface area contributed by atoms with Crippen molar-refractivity contribution in [1.82, 2.24) is 0 Å². The lowest BCUT2D eigenvalue weighted by Crippen LogP contribution is -2.30. The molecule has 0 bridgehead atoms. The van der Waals surface area contributed by atoms with Crippen molar-refractivity contribution >= 4 is 11.8 Å². The van der Waals surface area contributed by atoms with Crippen molar-refractivity contribution in [3.63, 3.8) is 0 Å². The number of hydrogen-bond donors (Lipinski definition) is 2. The fourth-order valence-electron chi connectivity index (χ4n) is 1.03. The smallest absolute Gasteiger partial charge is 0.162 e. The summed E-state index contributed by atoms with van der Waals surface area (Å²) in [5.74, 6) is 0. The van der Waals surface area contributed by atoms with Crippen LogP contribution in [0.15, 0.2) is 0 Å². The molecule has 0 amide bonds. The first-order chi connectivity index (χ1) is 5.20. The summed E-state index contributed by atoms with van der Waals surface area (Å²) >= 11 is 1.13. The van der Waals surface area contributed by atoms with Crippen molar-refractivity contribution in [3.05, 3.63) is 0 Å². The summed E-state index contributed by atoms with van der Waals surface area (Å²) in [6, 6.07) is 0. The third kappa shape index (κ3) is 1.66. The maximum atomic E-state index is 12.9. The van der Waals surface area contributed by atoms with Crippen LogP contribution in [0.2, 0.25) is 0 Å². The van der Waals surface area contributed by atoms with Crippen LogP contribution >= 0.6 is 11.8 Å². The minimum atomic E-state index is -1.39. The third-order valence-corrected chi connectivity index (χ3v) is 3.19. The average Bonchev–Trinajstić information content (AvgIpc) is 2.30. The molecule has 1 heterocycles. The molecule has 1 saturated heterocycles. The summed E-state index contributed by atoms with van der Waals surface area (Å²) in [6.45, 7) is -0.216. The van der Waals surface area contributed by atoms with Crippen molar-refractivity contribution in [1.29, 1.82) is 0 Å². The lowest BCUT2D eigenvalue weighted by Gasteiger charge is -2.10. The van der Waals surface area contributed by atoms with Crippen LogP contribution in [-0.4, -0.2) is 46.9 Å². The molecule has 3 nitrogen and oxygen atoms in total. The van der Waals surface area contributed by atoms with Gasteiger partial charge in [0.1, 0.15) is 11.5 Å². The van der Waals surface area contributed by atoms with E-state index in [9.17, 15) is 4.39 Å². The number of halogens is 1. The Morgan fingerprint density at radius 2 is 2.27 bits per heavy atom. The zero-order chi connectivity index (χ0) is 8.43. The van der Waals surface area contributed by atoms with Crippen molar-refractivity contribution in [3.8, 4) is 0 Å². The Hall–Kier alpha value is 0.160. The Morgan fingerprint density at radius 3 is 2.55 bits per heavy atom. The summed E-state index contributed by atoms with van der Waals surface area (Å²) in [6.07, 6.45) is -2.49. The van der Waals surface area contributed by atoms with E-state index in [1.165, 1.54) is 7.11 Å². The van der Waals surface area contributed by atoms with Crippen LogP contribution in [0.3, 0.4) is 0 Å². The second-order valence-electron chi connectivity index (χ2n) is 2.40. The van der Waals surface area contributed by atoms with Gasteiger partial charge in [0.25, 0.3) is 0 Å². The zero-order valence-corrected chi connectivity index (χ0v) is 6.92. The van der Waals surface area contributed by atoms with Gasteiger partial charge in [-0.15, -0.1) is 11.8 Å². The topological polar surface area (TPSA) is 49.7 Å². The molecule has 4 atom stereocenters. The molecule has 66 valence electrons. The Labute approximate surface area is 68.5 Å². The molecule has 0 aromatic heterocycles. The monoisotopic (exact) mass is 182 g/mol. The van der Waals surface area contributed by atoms with E-state index in [4.69, 9.17) is 14.9 Å². The van der Waals surface area contributed by atoms with E-state index in [2.05, 4.69) is 0 Å². The molecule has 1 rings (SSSR count). The molecular formula is C6H11FO3S. The first kappa shape index (κ1) is 9.25. The molecule has 11 heavy (non-hydrogen) atoms. The van der Waals surface area contributed by atoms with Crippen molar-refractivity contribution in [2.75, 3.05) is 13.7 Å². The van der Waals surface area contributed by atoms with Crippen LogP contribution in [-0.2, 0) is 4.74 Å². The molecule has 0 aliphatic carbocycles. The molecular weight excluding hydrogens is 171 g/mol. The van der Waals surface area contributed by atoms with Gasteiger partial charge in [-0.2, -0.15) is 0 Å². The largest absolute Gasteiger partial charge is 0.395 e. The number of aliphatic hydroxyl groups is 2. The fourth-order valence-corrected chi connectivity index (χ4v) is 2.19. The zero-order valence-electron chi connectivity index (χ0n) is 6.11. The minimum absolute atomic E-state index is 0.216. The second kappa shape index (κ2) is 3.71. The van der Waals surface area contributed by atoms with Gasteiger partial charge in [0, 0.05) is 7.11 Å². The minimum Gasteiger partial charge on any atom is -0.395 e. The van der Waals surface area contributed by atoms with Crippen LogP contribution in [0.25, 0.3) is 0 Å². The van der Waals surface area contributed by atoms with Gasteiger partial charge in [0.15, 0.2) is 6.17 Å². The molecule has 5 heteroatoms. The summed E-state index contributed by atoms with van der Waals surface area (Å²) < 4.78 is 17.7. The SMILES string of the molecule is COC1S[C@H](CO)[C@@H](O)[C@@H]1F. The quantitative estimate of drug-likeness (QED) is 0.619. The number of aliphatic hydroxyl groups excluding tert-OH is 2. The molecule has 0 spiro atoms. The number of ether oxygens (including phenoxy) is 1. The van der Waals surface area contributed by atoms with Crippen LogP contribution < -0.4 is 0 Å². The van der Waals surface area contributed by atoms with E-state index >= 15 is 0 Å². The molecule has 1 aliphatic rings. The Bertz CT molecular complexity index is 117. The highest BCUT2D eigenvalue weighted by atomic mass is 32.2. The normalized spacial score (nSPS) is 44.7. The number of thioether (sulfide) groups is 1. The fraction of sp³-hybridized carbons (Fsp3) is 1.00. The van der Waals surface area contributed by atoms with Crippen LogP contribution in [0.5, 0.6) is 0 Å². The van der Waals surface area contributed by atoms with Crippen molar-refractivity contribution < 1.29 is 19.3 Å². The van der Waals surface area contributed by atoms with Gasteiger partial charge in [-0.3, -0.25) is 0 Å². The van der Waals surface area contributed by atoms with E-state index in [0.717, 1.165) is 11.8 Å². The maximum Gasteiger partial charge on any atom is 0.162 e. The summed E-state index contributed by atoms with van der Waals surface area (Å²) in [5, 5.41) is 17.3. The molecule has 1 aliphatic heterocycles. The number of methoxy groups -OCH3 is 1. The highest BCUT2D eigenvalue weighted by molar-refractivity contribution is 8.00. The van der Waals surface area contributed by atoms with E-state index < -0.39 is 23.0 Å². The standard InChI is InChI=1S/C6H11FO3S/c1-10-6-4(7)5(9)3(2-8)11-6/h3-6,8-9H,2H2,1H3/t3-,4+,5-,6?/m1/s1. The molecule has 1 fully saturated rings. The van der Waals surface area contributed by atoms with E-state index in [0.29, 0.717) is 0 Å². The molecule has 0 aromatic carbocycles. The lowest BCUT2D eigenvalue weighted by molar-refractivity contribution is 0.0172. The maximum absolute atomic E-state index is 12.9. The Kier molecular flexibility index (Phi) is 3.12.